The van der Waals surface area contributed by atoms with E-state index in [1.165, 1.54) is 12.0 Å². The highest BCUT2D eigenvalue weighted by atomic mass is 16.7. The van der Waals surface area contributed by atoms with E-state index in [9.17, 15) is 30.3 Å². The molecule has 2 fully saturated rings. The van der Waals surface area contributed by atoms with Gasteiger partial charge in [0.2, 0.25) is 6.29 Å². The molecule has 0 aromatic heterocycles. The number of hydrogen-bond donors (Lipinski definition) is 7. The van der Waals surface area contributed by atoms with Gasteiger partial charge in [-0.05, 0) is 91.4 Å². The molecule has 8 atom stereocenters. The van der Waals surface area contributed by atoms with E-state index in [1.54, 1.807) is 30.5 Å². The van der Waals surface area contributed by atoms with Crippen LogP contribution in [0.1, 0.15) is 84.8 Å². The molecule has 4 aromatic carbocycles. The zero-order chi connectivity index (χ0) is 45.3. The lowest BCUT2D eigenvalue weighted by Crippen LogP contribution is -2.69. The average Bonchev–Trinajstić information content (AvgIpc) is 4.04. The first-order chi connectivity index (χ1) is 31.5. The second-order valence-electron chi connectivity index (χ2n) is 17.8. The van der Waals surface area contributed by atoms with E-state index in [4.69, 9.17) is 18.9 Å². The molecular weight excluding hydrogens is 833 g/mol. The summed E-state index contributed by atoms with van der Waals surface area (Å²) in [6.07, 6.45) is 4.22. The highest BCUT2D eigenvalue weighted by molar-refractivity contribution is 6.14. The van der Waals surface area contributed by atoms with Crippen molar-refractivity contribution in [1.82, 2.24) is 15.5 Å². The zero-order valence-electron chi connectivity index (χ0n) is 36.4. The van der Waals surface area contributed by atoms with E-state index in [-0.39, 0.29) is 59.7 Å². The molecule has 15 nitrogen and oxygen atoms in total. The number of carbonyl (C=O) groups is 2. The van der Waals surface area contributed by atoms with Gasteiger partial charge < -0.3 is 60.0 Å². The number of ketones is 1. The number of allylic oxidation sites excluding steroid dienone is 1. The number of nitrogens with one attached hydrogen (secondary N) is 2. The van der Waals surface area contributed by atoms with Gasteiger partial charge in [0.05, 0.1) is 49.4 Å². The number of aromatic hydroxyl groups is 1. The van der Waals surface area contributed by atoms with Gasteiger partial charge in [0.25, 0.3) is 5.91 Å². The summed E-state index contributed by atoms with van der Waals surface area (Å²) in [5, 5.41) is 65.3. The molecule has 0 unspecified atom stereocenters. The molecule has 6 aliphatic rings. The Labute approximate surface area is 376 Å². The van der Waals surface area contributed by atoms with Gasteiger partial charge in [-0.25, -0.2) is 0 Å². The molecule has 4 heterocycles. The SMILES string of the molecule is CNCc1ccc2c(c1)[C+]([C@H]1/C=C/c3c(OC)cc4c5c(c(C(=O)CN6Cc7c(CNC)cccc7C6=O)c(O)c4c3O[C@H]3O[C@H](CO1)[C@@H](O)[C@H](O)[C@]3(O)CO)[C@@H]1CCC[C@@H]1C=C5)C=N2. The second-order valence-corrected chi connectivity index (χ2v) is 17.8. The van der Waals surface area contributed by atoms with Gasteiger partial charge in [0, 0.05) is 42.2 Å². The Morgan fingerprint density at radius 1 is 1.06 bits per heavy atom. The van der Waals surface area contributed by atoms with Crippen LogP contribution in [0.5, 0.6) is 17.2 Å². The first-order valence-electron chi connectivity index (χ1n) is 22.2. The number of aliphatic hydroxyl groups excluding tert-OH is 3. The Morgan fingerprint density at radius 3 is 2.66 bits per heavy atom. The zero-order valence-corrected chi connectivity index (χ0v) is 36.4. The van der Waals surface area contributed by atoms with Crippen LogP contribution in [0.4, 0.5) is 5.69 Å². The second kappa shape index (κ2) is 17.0. The van der Waals surface area contributed by atoms with Crippen molar-refractivity contribution in [2.75, 3.05) is 41.0 Å². The van der Waals surface area contributed by atoms with E-state index in [0.29, 0.717) is 46.8 Å². The van der Waals surface area contributed by atoms with Gasteiger partial charge in [-0.3, -0.25) is 9.59 Å². The third kappa shape index (κ3) is 7.04. The van der Waals surface area contributed by atoms with Gasteiger partial charge in [0.1, 0.15) is 53.8 Å². The fourth-order valence-corrected chi connectivity index (χ4v) is 10.8. The van der Waals surface area contributed by atoms with Gasteiger partial charge in [0.15, 0.2) is 22.6 Å². The van der Waals surface area contributed by atoms with Crippen LogP contribution in [0.25, 0.3) is 22.9 Å². The number of phenolic OH excluding ortho intramolecular Hbond substituents is 1. The number of aliphatic hydroxyl groups is 4. The molecule has 1 saturated heterocycles. The van der Waals surface area contributed by atoms with E-state index in [2.05, 4.69) is 21.7 Å². The van der Waals surface area contributed by atoms with Crippen molar-refractivity contribution in [2.45, 2.75) is 81.1 Å². The summed E-state index contributed by atoms with van der Waals surface area (Å²) in [5.41, 5.74) is 4.00. The number of carbonyl (C=O) groups excluding carboxylic acids is 2. The molecule has 338 valence electrons. The molecule has 0 spiro atoms. The van der Waals surface area contributed by atoms with Crippen LogP contribution in [0, 0.1) is 11.8 Å². The normalized spacial score (nSPS) is 28.0. The van der Waals surface area contributed by atoms with Crippen molar-refractivity contribution < 1.29 is 54.1 Å². The molecule has 4 aromatic rings. The number of methoxy groups -OCH3 is 1. The Hall–Kier alpha value is -5.62. The molecule has 1 saturated carbocycles. The summed E-state index contributed by atoms with van der Waals surface area (Å²) in [5.74, 6) is -0.204. The number of aliphatic imine (C=N–C) groups is 1. The maximum atomic E-state index is 15.1. The first-order valence-corrected chi connectivity index (χ1v) is 22.2. The van der Waals surface area contributed by atoms with Crippen molar-refractivity contribution >= 4 is 46.5 Å². The van der Waals surface area contributed by atoms with Crippen LogP contribution in [-0.4, -0.2) is 126 Å². The quantitative estimate of drug-likeness (QED) is 0.0887. The van der Waals surface area contributed by atoms with Crippen molar-refractivity contribution in [3.63, 3.8) is 0 Å². The van der Waals surface area contributed by atoms with Crippen molar-refractivity contribution in [1.29, 1.82) is 0 Å². The highest BCUT2D eigenvalue weighted by Gasteiger charge is 2.57. The van der Waals surface area contributed by atoms with E-state index >= 15 is 4.79 Å². The Morgan fingerprint density at radius 2 is 1.88 bits per heavy atom. The lowest BCUT2D eigenvalue weighted by molar-refractivity contribution is -0.329. The van der Waals surface area contributed by atoms with Crippen molar-refractivity contribution in [3.05, 3.63) is 111 Å². The van der Waals surface area contributed by atoms with E-state index in [1.807, 2.05) is 50.5 Å². The van der Waals surface area contributed by atoms with Gasteiger partial charge in [-0.1, -0.05) is 30.7 Å². The lowest BCUT2D eigenvalue weighted by atomic mass is 9.75. The Kier molecular flexibility index (Phi) is 11.3. The molecule has 0 radical (unpaired) electrons. The summed E-state index contributed by atoms with van der Waals surface area (Å²) >= 11 is 0. The maximum absolute atomic E-state index is 15.1. The number of fused-ring (bicyclic) bond motifs is 11. The minimum Gasteiger partial charge on any atom is -0.506 e. The number of Topliss-reactive ketones (excluding diaryl/α,β-unsaturated/α-hetero) is 1. The number of nitrogens with zero attached hydrogens (tertiary/aromatic N) is 2. The molecule has 15 heteroatoms. The summed E-state index contributed by atoms with van der Waals surface area (Å²) < 4.78 is 25.5. The fourth-order valence-electron chi connectivity index (χ4n) is 10.8. The number of ether oxygens (including phenoxy) is 4. The van der Waals surface area contributed by atoms with Crippen LogP contribution in [0.3, 0.4) is 0 Å². The van der Waals surface area contributed by atoms with Crippen LogP contribution in [0.15, 0.2) is 59.6 Å². The minimum absolute atomic E-state index is 0.0606. The monoisotopic (exact) mass is 885 g/mol. The largest absolute Gasteiger partial charge is 0.506 e. The van der Waals surface area contributed by atoms with Gasteiger partial charge >= 0.3 is 0 Å². The predicted octanol–water partition coefficient (Wildman–Crippen LogP) is 4.04. The van der Waals surface area contributed by atoms with Crippen LogP contribution < -0.4 is 20.1 Å². The number of hydrogen-bond acceptors (Lipinski definition) is 14. The standard InChI is InChI=1S/C50H52N4O11/c1-51-18-25-10-14-36-32(16-25)34(20-53-36)38-15-13-31-39(62-3)17-33-29-12-11-26-6-4-8-28(26)41(29)43(37(56)22-54-21-35-27(19-52-2)7-5-9-30(35)48(54)60)45(58)42(33)46(31)65-49-50(61,24-55)47(59)44(57)40(64-49)23-63-38/h5,7,9-17,20,26,28,38,40,44,47,49,51-52,55,57,59,61H,4,6,8,18-19,21-24H2,1-3H3/p+1/b15-13+/t26-,28-,38-,40-,44-,47+,49-,50-/m1/s1. The van der Waals surface area contributed by atoms with Gasteiger partial charge in [-0.2, -0.15) is 4.99 Å². The molecule has 1 amide bonds. The molecule has 10 rings (SSSR count). The topological polar surface area (TPSA) is 212 Å². The lowest BCUT2D eigenvalue weighted by Gasteiger charge is -2.47. The molecule has 2 aliphatic carbocycles. The minimum atomic E-state index is -2.58. The van der Waals surface area contributed by atoms with Crippen LogP contribution in [-0.2, 0) is 29.1 Å². The van der Waals surface area contributed by atoms with E-state index in [0.717, 1.165) is 47.2 Å². The van der Waals surface area contributed by atoms with Crippen LogP contribution in [0.2, 0.25) is 0 Å². The summed E-state index contributed by atoms with van der Waals surface area (Å²) in [4.78, 5) is 35.2. The summed E-state index contributed by atoms with van der Waals surface area (Å²) in [7, 11) is 5.18. The highest BCUT2D eigenvalue weighted by Crippen LogP contribution is 2.55. The predicted molar refractivity (Wildman–Crippen MR) is 241 cm³/mol. The number of amides is 1. The molecule has 4 aliphatic heterocycles. The van der Waals surface area contributed by atoms with Crippen molar-refractivity contribution in [2.24, 2.45) is 10.9 Å². The average molecular weight is 886 g/mol. The van der Waals surface area contributed by atoms with Gasteiger partial charge in [-0.15, -0.1) is 0 Å². The molecule has 7 N–H and O–H groups in total. The third-order valence-corrected chi connectivity index (χ3v) is 14.1. The number of benzene rings is 4. The fraction of sp³-hybridized carbons (Fsp3) is 0.400. The molecule has 65 heavy (non-hydrogen) atoms. The van der Waals surface area contributed by atoms with Crippen LogP contribution >= 0.6 is 0 Å². The van der Waals surface area contributed by atoms with E-state index < -0.39 is 54.4 Å². The maximum Gasteiger partial charge on any atom is 0.254 e. The van der Waals surface area contributed by atoms with Crippen molar-refractivity contribution in [3.8, 4) is 17.2 Å². The summed E-state index contributed by atoms with van der Waals surface area (Å²) in [6.45, 7) is -0.294. The molecular formula is C50H53N4O11+. The molecule has 2 bridgehead atoms. The number of phenols is 1. The number of rotatable bonds is 10. The summed E-state index contributed by atoms with van der Waals surface area (Å²) in [6, 6.07) is 13.3. The smallest absolute Gasteiger partial charge is 0.254 e. The Balaban J connectivity index is 1.17. The first kappa shape index (κ1) is 43.3. The Bertz CT molecular complexity index is 2680. The third-order valence-electron chi connectivity index (χ3n) is 14.1.